The third kappa shape index (κ3) is 7.17. The van der Waals surface area contributed by atoms with E-state index in [0.717, 1.165) is 64.3 Å². The Kier molecular flexibility index (Phi) is 10.0. The van der Waals surface area contributed by atoms with E-state index in [1.807, 2.05) is 12.1 Å². The number of aromatic nitrogens is 5. The lowest BCUT2D eigenvalue weighted by atomic mass is 10.0. The summed E-state index contributed by atoms with van der Waals surface area (Å²) in [5, 5.41) is 20.6. The lowest BCUT2D eigenvalue weighted by Gasteiger charge is -2.42. The van der Waals surface area contributed by atoms with Crippen molar-refractivity contribution >= 4 is 52.0 Å². The number of halogens is 1. The molecule has 2 saturated heterocycles. The van der Waals surface area contributed by atoms with Gasteiger partial charge in [-0.25, -0.2) is 4.79 Å². The first-order valence-corrected chi connectivity index (χ1v) is 17.5. The molecule has 3 aliphatic rings. The van der Waals surface area contributed by atoms with Crippen molar-refractivity contribution in [3.05, 3.63) is 70.6 Å². The van der Waals surface area contributed by atoms with Gasteiger partial charge in [0.15, 0.2) is 5.69 Å². The number of nitriles is 1. The number of ether oxygens (including phenoxy) is 2. The molecule has 264 valence electrons. The van der Waals surface area contributed by atoms with Gasteiger partial charge in [-0.2, -0.15) is 25.1 Å². The van der Waals surface area contributed by atoms with Crippen molar-refractivity contribution in [1.82, 2.24) is 34.8 Å². The lowest BCUT2D eigenvalue weighted by molar-refractivity contribution is -0.128. The third-order valence-corrected chi connectivity index (χ3v) is 10.2. The molecule has 4 aromatic rings. The third-order valence-electron chi connectivity index (χ3n) is 9.92. The molecule has 0 N–H and O–H groups in total. The van der Waals surface area contributed by atoms with Gasteiger partial charge in [0.1, 0.15) is 12.4 Å². The number of fused-ring (bicyclic) bond motifs is 2. The maximum atomic E-state index is 13.4. The van der Waals surface area contributed by atoms with E-state index in [0.29, 0.717) is 56.3 Å². The Hall–Kier alpha value is -5.26. The van der Waals surface area contributed by atoms with Gasteiger partial charge in [-0.05, 0) is 50.4 Å². The number of piperazine rings is 1. The van der Waals surface area contributed by atoms with Gasteiger partial charge >= 0.3 is 12.0 Å². The van der Waals surface area contributed by atoms with Gasteiger partial charge < -0.3 is 29.1 Å². The van der Waals surface area contributed by atoms with Crippen molar-refractivity contribution < 1.29 is 19.1 Å². The molecule has 7 rings (SSSR count). The van der Waals surface area contributed by atoms with Gasteiger partial charge in [0.05, 0.1) is 55.3 Å². The van der Waals surface area contributed by atoms with Crippen LogP contribution in [0.25, 0.3) is 17.0 Å². The number of hydrogen-bond donors (Lipinski definition) is 0. The quantitative estimate of drug-likeness (QED) is 0.184. The fourth-order valence-corrected chi connectivity index (χ4v) is 7.49. The maximum absolute atomic E-state index is 13.4. The molecular weight excluding hydrogens is 672 g/mol. The minimum Gasteiger partial charge on any atom is -0.464 e. The van der Waals surface area contributed by atoms with E-state index in [4.69, 9.17) is 26.3 Å². The molecule has 0 aliphatic carbocycles. The molecule has 2 aromatic carbocycles. The van der Waals surface area contributed by atoms with Gasteiger partial charge in [0.2, 0.25) is 5.91 Å². The molecule has 0 radical (unpaired) electrons. The Labute approximate surface area is 300 Å². The number of nitrogens with zero attached hydrogens (tertiary/aromatic N) is 10. The Morgan fingerprint density at radius 3 is 2.71 bits per heavy atom. The number of likely N-dealkylation sites (tertiary alicyclic amines) is 1. The second kappa shape index (κ2) is 14.9. The predicted octanol–water partition coefficient (Wildman–Crippen LogP) is 3.80. The summed E-state index contributed by atoms with van der Waals surface area (Å²) in [5.74, 6) is -0.124. The van der Waals surface area contributed by atoms with Crippen LogP contribution in [0.5, 0.6) is 6.01 Å². The molecular formula is C36H39ClN10O4. The summed E-state index contributed by atoms with van der Waals surface area (Å²) in [6.07, 6.45) is 7.03. The van der Waals surface area contributed by atoms with E-state index in [9.17, 15) is 14.9 Å². The predicted molar refractivity (Wildman–Crippen MR) is 192 cm³/mol. The zero-order valence-corrected chi connectivity index (χ0v) is 29.4. The summed E-state index contributed by atoms with van der Waals surface area (Å²) in [6.45, 7) is 4.12. The van der Waals surface area contributed by atoms with E-state index in [-0.39, 0.29) is 18.0 Å². The van der Waals surface area contributed by atoms with Crippen molar-refractivity contribution in [2.24, 2.45) is 0 Å². The summed E-state index contributed by atoms with van der Waals surface area (Å²) in [6, 6.07) is 14.7. The summed E-state index contributed by atoms with van der Waals surface area (Å²) in [5.41, 5.74) is 3.02. The Morgan fingerprint density at radius 1 is 1.08 bits per heavy atom. The van der Waals surface area contributed by atoms with Gasteiger partial charge in [0, 0.05) is 54.9 Å². The van der Waals surface area contributed by atoms with Crippen LogP contribution < -0.4 is 14.5 Å². The van der Waals surface area contributed by atoms with Crippen LogP contribution in [-0.4, -0.2) is 112 Å². The number of hydrogen-bond acceptors (Lipinski definition) is 12. The van der Waals surface area contributed by atoms with Crippen LogP contribution in [0.4, 0.5) is 11.5 Å². The average molecular weight is 711 g/mol. The highest BCUT2D eigenvalue weighted by Crippen LogP contribution is 2.37. The molecule has 2 atom stereocenters. The number of carbonyl (C=O) groups excluding carboxylic acids is 2. The van der Waals surface area contributed by atoms with Crippen molar-refractivity contribution in [2.75, 3.05) is 63.3 Å². The smallest absolute Gasteiger partial charge is 0.360 e. The van der Waals surface area contributed by atoms with Crippen LogP contribution in [0.2, 0.25) is 5.02 Å². The fraction of sp³-hybridized carbons (Fsp3) is 0.417. The van der Waals surface area contributed by atoms with E-state index in [1.165, 1.54) is 25.6 Å². The zero-order valence-electron chi connectivity index (χ0n) is 28.6. The van der Waals surface area contributed by atoms with Crippen LogP contribution >= 0.6 is 11.6 Å². The Morgan fingerprint density at radius 2 is 1.92 bits per heavy atom. The monoisotopic (exact) mass is 710 g/mol. The molecule has 2 fully saturated rings. The highest BCUT2D eigenvalue weighted by Gasteiger charge is 2.34. The van der Waals surface area contributed by atoms with E-state index in [1.54, 1.807) is 4.90 Å². The minimum atomic E-state index is -0.622. The van der Waals surface area contributed by atoms with Gasteiger partial charge in [-0.15, -0.1) is 5.10 Å². The molecule has 0 spiro atoms. The minimum absolute atomic E-state index is 0.0291. The summed E-state index contributed by atoms with van der Waals surface area (Å²) >= 11 is 6.73. The van der Waals surface area contributed by atoms with Crippen LogP contribution in [0.3, 0.4) is 0 Å². The van der Waals surface area contributed by atoms with Crippen LogP contribution in [-0.2, 0) is 22.5 Å². The van der Waals surface area contributed by atoms with Gasteiger partial charge in [-0.3, -0.25) is 4.79 Å². The van der Waals surface area contributed by atoms with Gasteiger partial charge in [0.25, 0.3) is 0 Å². The standard InChI is InChI=1S/C36H39ClN10O4/c1-43-15-5-8-26(43)23-51-36-40-30-22-44(31-10-4-7-24-6-3-9-28(37)33(24)31)16-12-27(30)34(41-36)45-18-19-46(25(21-45)11-14-38)32(48)13-17-47-39-20-29(42-47)35(49)50-2/h3-4,6-7,9-10,13,17,20,25-26H,5,8,11-12,15-16,18-19,21-23H2,1-2H3/b17-13+/t25-,26-/m0/s1. The highest BCUT2D eigenvalue weighted by molar-refractivity contribution is 6.36. The molecule has 15 heteroatoms. The molecule has 0 unspecified atom stereocenters. The van der Waals surface area contributed by atoms with Crippen LogP contribution in [0.15, 0.2) is 48.7 Å². The fourth-order valence-electron chi connectivity index (χ4n) is 7.21. The van der Waals surface area contributed by atoms with E-state index >= 15 is 0 Å². The van der Waals surface area contributed by atoms with Crippen LogP contribution in [0, 0.1) is 11.3 Å². The zero-order chi connectivity index (χ0) is 35.5. The molecule has 5 heterocycles. The average Bonchev–Trinajstić information content (AvgIpc) is 3.80. The number of benzene rings is 2. The second-order valence-corrected chi connectivity index (χ2v) is 13.4. The summed E-state index contributed by atoms with van der Waals surface area (Å²) in [7, 11) is 3.37. The van der Waals surface area contributed by atoms with Crippen molar-refractivity contribution in [3.8, 4) is 12.1 Å². The Bertz CT molecular complexity index is 2010. The number of amides is 1. The second-order valence-electron chi connectivity index (χ2n) is 13.0. The topological polar surface area (TPSA) is 146 Å². The van der Waals surface area contributed by atoms with Crippen LogP contribution in [0.1, 0.15) is 41.0 Å². The first-order valence-electron chi connectivity index (χ1n) is 17.1. The first kappa shape index (κ1) is 34.2. The first-order chi connectivity index (χ1) is 24.8. The molecule has 14 nitrogen and oxygen atoms in total. The number of carbonyl (C=O) groups is 2. The summed E-state index contributed by atoms with van der Waals surface area (Å²) in [4.78, 5) is 44.7. The number of anilines is 2. The summed E-state index contributed by atoms with van der Waals surface area (Å²) < 4.78 is 11.0. The largest absolute Gasteiger partial charge is 0.464 e. The molecule has 51 heavy (non-hydrogen) atoms. The normalized spacial score (nSPS) is 19.4. The molecule has 3 aliphatic heterocycles. The van der Waals surface area contributed by atoms with E-state index in [2.05, 4.69) is 67.0 Å². The SMILES string of the molecule is COC(=O)c1cnn(/C=C/C(=O)N2CCN(c3nc(OC[C@@H]4CCCN4C)nc4c3CCN(c3cccc5cccc(Cl)c35)C4)C[C@@H]2CC#N)n1. The lowest BCUT2D eigenvalue weighted by Crippen LogP contribution is -2.55. The highest BCUT2D eigenvalue weighted by atomic mass is 35.5. The number of likely N-dealkylation sites (N-methyl/N-ethyl adjacent to an activating group) is 1. The van der Waals surface area contributed by atoms with Gasteiger partial charge in [-0.1, -0.05) is 35.9 Å². The van der Waals surface area contributed by atoms with Crippen molar-refractivity contribution in [3.63, 3.8) is 0 Å². The molecule has 0 saturated carbocycles. The van der Waals surface area contributed by atoms with Crippen molar-refractivity contribution in [2.45, 2.75) is 44.3 Å². The molecule has 2 aromatic heterocycles. The number of methoxy groups -OCH3 is 1. The number of esters is 1. The molecule has 1 amide bonds. The number of rotatable bonds is 9. The van der Waals surface area contributed by atoms with E-state index < -0.39 is 12.0 Å². The Balaban J connectivity index is 1.15. The maximum Gasteiger partial charge on any atom is 0.360 e. The molecule has 0 bridgehead atoms. The van der Waals surface area contributed by atoms with Crippen molar-refractivity contribution in [1.29, 1.82) is 5.26 Å².